The summed E-state index contributed by atoms with van der Waals surface area (Å²) in [4.78, 5) is 11.1. The van der Waals surface area contributed by atoms with Crippen molar-refractivity contribution < 1.29 is 19.7 Å². The summed E-state index contributed by atoms with van der Waals surface area (Å²) < 4.78 is 4.75. The number of hydrogen-bond donors (Lipinski definition) is 2. The molecule has 0 amide bonds. The first-order valence-corrected chi connectivity index (χ1v) is 5.50. The number of carbonyl (C=O) groups excluding carboxylic acids is 1. The van der Waals surface area contributed by atoms with Gasteiger partial charge in [-0.05, 0) is 12.3 Å². The molecule has 0 saturated heterocycles. The highest BCUT2D eigenvalue weighted by Crippen LogP contribution is 2.08. The molecule has 0 heterocycles. The second kappa shape index (κ2) is 8.68. The van der Waals surface area contributed by atoms with Crippen molar-refractivity contribution in [2.45, 2.75) is 45.6 Å². The Labute approximate surface area is 91.3 Å². The average Bonchev–Trinajstić information content (AvgIpc) is 2.20. The molecule has 1 unspecified atom stereocenters. The molecule has 2 N–H and O–H groups in total. The zero-order valence-corrected chi connectivity index (χ0v) is 9.61. The molecule has 0 bridgehead atoms. The van der Waals surface area contributed by atoms with E-state index in [0.29, 0.717) is 12.3 Å². The van der Waals surface area contributed by atoms with E-state index in [1.165, 1.54) is 0 Å². The lowest BCUT2D eigenvalue weighted by Crippen LogP contribution is -2.21. The maximum absolute atomic E-state index is 11.1. The molecule has 15 heavy (non-hydrogen) atoms. The van der Waals surface area contributed by atoms with Gasteiger partial charge in [-0.3, -0.25) is 4.79 Å². The molecule has 4 heteroatoms. The molecular weight excluding hydrogens is 196 g/mol. The molecule has 0 aliphatic heterocycles. The molecule has 0 spiro atoms. The van der Waals surface area contributed by atoms with Crippen LogP contribution in [0, 0.1) is 5.92 Å². The molecule has 0 aromatic rings. The van der Waals surface area contributed by atoms with Crippen LogP contribution in [0.5, 0.6) is 0 Å². The lowest BCUT2D eigenvalue weighted by Gasteiger charge is -2.08. The van der Waals surface area contributed by atoms with Crippen molar-refractivity contribution >= 4 is 5.97 Å². The summed E-state index contributed by atoms with van der Waals surface area (Å²) in [5.74, 6) is 0.364. The molecule has 0 aliphatic carbocycles. The lowest BCUT2D eigenvalue weighted by molar-refractivity contribution is -0.147. The minimum atomic E-state index is -0.954. The number of unbranched alkanes of at least 4 members (excludes halogenated alkanes) is 1. The van der Waals surface area contributed by atoms with Gasteiger partial charge in [0, 0.05) is 6.42 Å². The molecule has 0 rings (SSSR count). The van der Waals surface area contributed by atoms with Crippen LogP contribution in [-0.4, -0.2) is 35.5 Å². The van der Waals surface area contributed by atoms with Crippen LogP contribution in [0.2, 0.25) is 0 Å². The second-order valence-corrected chi connectivity index (χ2v) is 4.16. The van der Waals surface area contributed by atoms with E-state index in [1.807, 2.05) is 0 Å². The van der Waals surface area contributed by atoms with Crippen LogP contribution in [0.1, 0.15) is 39.5 Å². The summed E-state index contributed by atoms with van der Waals surface area (Å²) in [6.45, 7) is 3.81. The number of rotatable bonds is 8. The van der Waals surface area contributed by atoms with E-state index in [-0.39, 0.29) is 19.2 Å². The fourth-order valence-corrected chi connectivity index (χ4v) is 1.14. The van der Waals surface area contributed by atoms with Gasteiger partial charge in [0.2, 0.25) is 0 Å². The first kappa shape index (κ1) is 14.4. The van der Waals surface area contributed by atoms with Crippen molar-refractivity contribution in [3.63, 3.8) is 0 Å². The molecule has 0 aromatic heterocycles. The Morgan fingerprint density at radius 2 is 2.00 bits per heavy atom. The maximum atomic E-state index is 11.1. The third-order valence-corrected chi connectivity index (χ3v) is 2.06. The Balaban J connectivity index is 3.34. The van der Waals surface area contributed by atoms with E-state index in [4.69, 9.17) is 14.9 Å². The van der Waals surface area contributed by atoms with E-state index >= 15 is 0 Å². The van der Waals surface area contributed by atoms with Gasteiger partial charge in [0.1, 0.15) is 12.7 Å². The number of aliphatic hydroxyl groups is 2. The van der Waals surface area contributed by atoms with Gasteiger partial charge >= 0.3 is 5.97 Å². The third kappa shape index (κ3) is 9.69. The number of aliphatic hydroxyl groups excluding tert-OH is 2. The molecule has 90 valence electrons. The number of hydrogen-bond acceptors (Lipinski definition) is 4. The Morgan fingerprint density at radius 1 is 1.33 bits per heavy atom. The molecule has 0 radical (unpaired) electrons. The highest BCUT2D eigenvalue weighted by molar-refractivity contribution is 5.69. The zero-order chi connectivity index (χ0) is 11.7. The Hall–Kier alpha value is -0.610. The van der Waals surface area contributed by atoms with Crippen molar-refractivity contribution in [3.05, 3.63) is 0 Å². The SMILES string of the molecule is CC(C)CCCCC(=O)OCC(O)CO. The van der Waals surface area contributed by atoms with Gasteiger partial charge in [-0.25, -0.2) is 0 Å². The minimum Gasteiger partial charge on any atom is -0.463 e. The van der Waals surface area contributed by atoms with Crippen molar-refractivity contribution in [3.8, 4) is 0 Å². The van der Waals surface area contributed by atoms with E-state index in [0.717, 1.165) is 19.3 Å². The number of ether oxygens (including phenoxy) is 1. The van der Waals surface area contributed by atoms with Crippen molar-refractivity contribution in [2.24, 2.45) is 5.92 Å². The fourth-order valence-electron chi connectivity index (χ4n) is 1.14. The molecule has 0 aromatic carbocycles. The Morgan fingerprint density at radius 3 is 2.53 bits per heavy atom. The normalized spacial score (nSPS) is 12.9. The van der Waals surface area contributed by atoms with Crippen molar-refractivity contribution in [1.29, 1.82) is 0 Å². The van der Waals surface area contributed by atoms with Gasteiger partial charge in [-0.1, -0.05) is 26.7 Å². The zero-order valence-electron chi connectivity index (χ0n) is 9.61. The first-order valence-electron chi connectivity index (χ1n) is 5.50. The summed E-state index contributed by atoms with van der Waals surface area (Å²) >= 11 is 0. The van der Waals surface area contributed by atoms with E-state index in [1.54, 1.807) is 0 Å². The van der Waals surface area contributed by atoms with Gasteiger partial charge in [-0.15, -0.1) is 0 Å². The molecule has 0 aliphatic rings. The van der Waals surface area contributed by atoms with E-state index in [9.17, 15) is 4.79 Å². The molecule has 0 saturated carbocycles. The predicted molar refractivity (Wildman–Crippen MR) is 57.4 cm³/mol. The summed E-state index contributed by atoms with van der Waals surface area (Å²) in [7, 11) is 0. The van der Waals surface area contributed by atoms with Gasteiger partial charge < -0.3 is 14.9 Å². The van der Waals surface area contributed by atoms with Crippen LogP contribution in [-0.2, 0) is 9.53 Å². The van der Waals surface area contributed by atoms with Crippen LogP contribution < -0.4 is 0 Å². The first-order chi connectivity index (χ1) is 7.06. The average molecular weight is 218 g/mol. The van der Waals surface area contributed by atoms with Crippen molar-refractivity contribution in [1.82, 2.24) is 0 Å². The summed E-state index contributed by atoms with van der Waals surface area (Å²) in [5, 5.41) is 17.4. The smallest absolute Gasteiger partial charge is 0.305 e. The Kier molecular flexibility index (Phi) is 8.33. The topological polar surface area (TPSA) is 66.8 Å². The highest BCUT2D eigenvalue weighted by Gasteiger charge is 2.07. The van der Waals surface area contributed by atoms with Crippen LogP contribution in [0.4, 0.5) is 0 Å². The van der Waals surface area contributed by atoms with E-state index in [2.05, 4.69) is 13.8 Å². The molecular formula is C11H22O4. The Bertz CT molecular complexity index is 168. The predicted octanol–water partition coefficient (Wildman–Crippen LogP) is 1.10. The van der Waals surface area contributed by atoms with Crippen LogP contribution >= 0.6 is 0 Å². The largest absolute Gasteiger partial charge is 0.463 e. The van der Waals surface area contributed by atoms with Crippen molar-refractivity contribution in [2.75, 3.05) is 13.2 Å². The summed E-state index contributed by atoms with van der Waals surface area (Å²) in [5.41, 5.74) is 0. The molecule has 1 atom stereocenters. The van der Waals surface area contributed by atoms with Crippen LogP contribution in [0.25, 0.3) is 0 Å². The fraction of sp³-hybridized carbons (Fsp3) is 0.909. The molecule has 4 nitrogen and oxygen atoms in total. The summed E-state index contributed by atoms with van der Waals surface area (Å²) in [6.07, 6.45) is 2.41. The number of carbonyl (C=O) groups is 1. The summed E-state index contributed by atoms with van der Waals surface area (Å²) in [6, 6.07) is 0. The van der Waals surface area contributed by atoms with Crippen LogP contribution in [0.15, 0.2) is 0 Å². The van der Waals surface area contributed by atoms with Gasteiger partial charge in [0.15, 0.2) is 0 Å². The number of esters is 1. The van der Waals surface area contributed by atoms with Gasteiger partial charge in [-0.2, -0.15) is 0 Å². The van der Waals surface area contributed by atoms with Gasteiger partial charge in [0.05, 0.1) is 6.61 Å². The van der Waals surface area contributed by atoms with E-state index < -0.39 is 6.10 Å². The maximum Gasteiger partial charge on any atom is 0.305 e. The van der Waals surface area contributed by atoms with Gasteiger partial charge in [0.25, 0.3) is 0 Å². The third-order valence-electron chi connectivity index (χ3n) is 2.06. The highest BCUT2D eigenvalue weighted by atomic mass is 16.5. The second-order valence-electron chi connectivity index (χ2n) is 4.16. The minimum absolute atomic E-state index is 0.112. The molecule has 0 fully saturated rings. The van der Waals surface area contributed by atoms with Crippen LogP contribution in [0.3, 0.4) is 0 Å². The lowest BCUT2D eigenvalue weighted by atomic mass is 10.1. The quantitative estimate of drug-likeness (QED) is 0.473. The standard InChI is InChI=1S/C11H22O4/c1-9(2)5-3-4-6-11(14)15-8-10(13)7-12/h9-10,12-13H,3-8H2,1-2H3. The monoisotopic (exact) mass is 218 g/mol.